The minimum absolute atomic E-state index is 0.340. The van der Waals surface area contributed by atoms with Crippen LogP contribution in [0.1, 0.15) is 0 Å². The lowest BCUT2D eigenvalue weighted by molar-refractivity contribution is -0.133. The van der Waals surface area contributed by atoms with Crippen molar-refractivity contribution in [1.82, 2.24) is 9.80 Å². The Morgan fingerprint density at radius 1 is 1.14 bits per heavy atom. The van der Waals surface area contributed by atoms with Gasteiger partial charge in [-0.25, -0.2) is 4.79 Å². The Bertz CT molecular complexity index is 609. The van der Waals surface area contributed by atoms with Crippen LogP contribution in [0.4, 0.5) is 4.79 Å². The van der Waals surface area contributed by atoms with Gasteiger partial charge in [-0.2, -0.15) is 5.26 Å². The van der Waals surface area contributed by atoms with Crippen LogP contribution < -0.4 is 5.19 Å². The van der Waals surface area contributed by atoms with E-state index < -0.39 is 19.9 Å². The van der Waals surface area contributed by atoms with Crippen molar-refractivity contribution in [3.63, 3.8) is 0 Å². The van der Waals surface area contributed by atoms with Gasteiger partial charge in [0, 0.05) is 14.1 Å². The standard InChI is InChI=1S/C15H19N3O2Si/c1-17-13(19)12(10-16)14(18(2)15(17)20)21(3,4)11-8-6-5-7-9-11/h5-9,12,14H,1-4H3/t12-,14+/m0/s1. The first-order valence-electron chi connectivity index (χ1n) is 6.82. The molecule has 0 N–H and O–H groups in total. The summed E-state index contributed by atoms with van der Waals surface area (Å²) in [6.07, 6.45) is 0. The Labute approximate surface area is 125 Å². The van der Waals surface area contributed by atoms with Gasteiger partial charge in [-0.15, -0.1) is 0 Å². The van der Waals surface area contributed by atoms with Crippen LogP contribution in [-0.2, 0) is 4.79 Å². The van der Waals surface area contributed by atoms with Gasteiger partial charge in [0.2, 0.25) is 5.91 Å². The highest BCUT2D eigenvalue weighted by Gasteiger charge is 2.51. The van der Waals surface area contributed by atoms with Crippen molar-refractivity contribution in [2.45, 2.75) is 18.8 Å². The lowest BCUT2D eigenvalue weighted by atomic mass is 10.1. The first-order valence-corrected chi connectivity index (χ1v) is 9.89. The highest BCUT2D eigenvalue weighted by atomic mass is 28.3. The number of hydrogen-bond donors (Lipinski definition) is 0. The van der Waals surface area contributed by atoms with Crippen molar-refractivity contribution in [3.05, 3.63) is 30.3 Å². The van der Waals surface area contributed by atoms with Crippen LogP contribution in [0.15, 0.2) is 30.3 Å². The predicted molar refractivity (Wildman–Crippen MR) is 82.4 cm³/mol. The van der Waals surface area contributed by atoms with Crippen molar-refractivity contribution >= 4 is 25.2 Å². The molecule has 0 spiro atoms. The van der Waals surface area contributed by atoms with E-state index >= 15 is 0 Å². The fourth-order valence-corrected chi connectivity index (χ4v) is 6.60. The second kappa shape index (κ2) is 5.33. The van der Waals surface area contributed by atoms with Crippen molar-refractivity contribution < 1.29 is 9.59 Å². The second-order valence-electron chi connectivity index (χ2n) is 5.93. The normalized spacial score (nSPS) is 23.2. The van der Waals surface area contributed by atoms with Crippen LogP contribution >= 0.6 is 0 Å². The van der Waals surface area contributed by atoms with Gasteiger partial charge in [0.1, 0.15) is 14.0 Å². The number of hydrogen-bond acceptors (Lipinski definition) is 3. The van der Waals surface area contributed by atoms with Crippen LogP contribution in [0.5, 0.6) is 0 Å². The number of urea groups is 1. The molecule has 110 valence electrons. The van der Waals surface area contributed by atoms with Gasteiger partial charge in [-0.05, 0) is 0 Å². The van der Waals surface area contributed by atoms with Gasteiger partial charge in [-0.1, -0.05) is 48.6 Å². The van der Waals surface area contributed by atoms with Gasteiger partial charge in [0.25, 0.3) is 0 Å². The van der Waals surface area contributed by atoms with E-state index in [1.165, 1.54) is 7.05 Å². The number of carbonyl (C=O) groups excluding carboxylic acids is 2. The average Bonchev–Trinajstić information content (AvgIpc) is 2.49. The van der Waals surface area contributed by atoms with Crippen LogP contribution in [0.25, 0.3) is 0 Å². The highest BCUT2D eigenvalue weighted by molar-refractivity contribution is 6.91. The molecule has 21 heavy (non-hydrogen) atoms. The largest absolute Gasteiger partial charge is 0.326 e. The maximum atomic E-state index is 12.3. The van der Waals surface area contributed by atoms with Crippen LogP contribution in [0.3, 0.4) is 0 Å². The van der Waals surface area contributed by atoms with Gasteiger partial charge >= 0.3 is 6.03 Å². The van der Waals surface area contributed by atoms with E-state index in [1.54, 1.807) is 11.9 Å². The number of nitriles is 1. The van der Waals surface area contributed by atoms with Gasteiger partial charge < -0.3 is 4.90 Å². The van der Waals surface area contributed by atoms with E-state index in [2.05, 4.69) is 19.2 Å². The zero-order valence-corrected chi connectivity index (χ0v) is 13.7. The summed E-state index contributed by atoms with van der Waals surface area (Å²) in [7, 11) is 0.904. The van der Waals surface area contributed by atoms with Crippen molar-refractivity contribution in [2.24, 2.45) is 5.92 Å². The van der Waals surface area contributed by atoms with E-state index in [0.29, 0.717) is 0 Å². The molecule has 1 heterocycles. The fraction of sp³-hybridized carbons (Fsp3) is 0.400. The molecule has 1 aromatic rings. The first-order chi connectivity index (χ1) is 9.82. The number of rotatable bonds is 2. The maximum Gasteiger partial charge on any atom is 0.326 e. The lowest BCUT2D eigenvalue weighted by Gasteiger charge is -2.46. The van der Waals surface area contributed by atoms with Crippen molar-refractivity contribution in [3.8, 4) is 6.07 Å². The minimum atomic E-state index is -2.20. The third-order valence-electron chi connectivity index (χ3n) is 4.31. The zero-order valence-electron chi connectivity index (χ0n) is 12.7. The molecule has 2 rings (SSSR count). The van der Waals surface area contributed by atoms with Crippen molar-refractivity contribution in [2.75, 3.05) is 14.1 Å². The number of amides is 3. The molecule has 0 aromatic heterocycles. The molecule has 2 atom stereocenters. The number of nitrogens with zero attached hydrogens (tertiary/aromatic N) is 3. The van der Waals surface area contributed by atoms with Gasteiger partial charge in [0.15, 0.2) is 0 Å². The molecule has 0 saturated carbocycles. The Morgan fingerprint density at radius 3 is 2.24 bits per heavy atom. The quantitative estimate of drug-likeness (QED) is 0.770. The van der Waals surface area contributed by atoms with Crippen LogP contribution in [-0.4, -0.2) is 49.6 Å². The van der Waals surface area contributed by atoms with Crippen LogP contribution in [0, 0.1) is 17.2 Å². The molecule has 3 amide bonds. The van der Waals surface area contributed by atoms with E-state index in [0.717, 1.165) is 10.1 Å². The summed E-state index contributed by atoms with van der Waals surface area (Å²) in [5.41, 5.74) is -0.360. The second-order valence-corrected chi connectivity index (χ2v) is 10.5. The molecule has 6 heteroatoms. The lowest BCUT2D eigenvalue weighted by Crippen LogP contribution is -2.70. The third-order valence-corrected chi connectivity index (χ3v) is 8.34. The molecule has 0 bridgehead atoms. The Balaban J connectivity index is 2.51. The molecule has 0 radical (unpaired) electrons. The molecule has 1 aliphatic heterocycles. The third kappa shape index (κ3) is 2.34. The Kier molecular flexibility index (Phi) is 3.88. The van der Waals surface area contributed by atoms with Gasteiger partial charge in [-0.3, -0.25) is 9.69 Å². The molecule has 1 fully saturated rings. The monoisotopic (exact) mass is 301 g/mol. The predicted octanol–water partition coefficient (Wildman–Crippen LogP) is 1.17. The Morgan fingerprint density at radius 2 is 1.71 bits per heavy atom. The van der Waals surface area contributed by atoms with Crippen LogP contribution in [0.2, 0.25) is 13.1 Å². The summed E-state index contributed by atoms with van der Waals surface area (Å²) in [4.78, 5) is 27.1. The number of imide groups is 1. The maximum absolute atomic E-state index is 12.3. The summed E-state index contributed by atoms with van der Waals surface area (Å²) >= 11 is 0. The summed E-state index contributed by atoms with van der Waals surface area (Å²) in [6.45, 7) is 4.19. The molecular formula is C15H19N3O2Si. The molecule has 0 unspecified atom stereocenters. The van der Waals surface area contributed by atoms with Gasteiger partial charge in [0.05, 0.1) is 11.7 Å². The molecule has 1 aromatic carbocycles. The molecular weight excluding hydrogens is 282 g/mol. The summed E-state index contributed by atoms with van der Waals surface area (Å²) in [5.74, 6) is -1.21. The molecule has 0 aliphatic carbocycles. The number of benzene rings is 1. The summed E-state index contributed by atoms with van der Waals surface area (Å²) in [6, 6.07) is 11.6. The number of carbonyl (C=O) groups is 2. The average molecular weight is 301 g/mol. The molecule has 1 saturated heterocycles. The van der Waals surface area contributed by atoms with E-state index in [-0.39, 0.29) is 11.7 Å². The van der Waals surface area contributed by atoms with E-state index in [1.807, 2.05) is 30.3 Å². The van der Waals surface area contributed by atoms with E-state index in [9.17, 15) is 14.9 Å². The SMILES string of the molecule is CN1C(=O)[C@H](C#N)[C@@H]([Si](C)(C)c2ccccc2)N(C)C1=O. The zero-order chi connectivity index (χ0) is 15.8. The van der Waals surface area contributed by atoms with Crippen molar-refractivity contribution in [1.29, 1.82) is 5.26 Å². The first kappa shape index (κ1) is 15.3. The summed E-state index contributed by atoms with van der Waals surface area (Å²) < 4.78 is 0. The van der Waals surface area contributed by atoms with E-state index in [4.69, 9.17) is 0 Å². The topological polar surface area (TPSA) is 64.4 Å². The molecule has 1 aliphatic rings. The Hall–Kier alpha value is -2.13. The fourth-order valence-electron chi connectivity index (χ4n) is 3.08. The summed E-state index contributed by atoms with van der Waals surface area (Å²) in [5, 5.41) is 10.6. The highest BCUT2D eigenvalue weighted by Crippen LogP contribution is 2.28. The molecule has 5 nitrogen and oxygen atoms in total. The smallest absolute Gasteiger partial charge is 0.325 e. The minimum Gasteiger partial charge on any atom is -0.325 e.